The van der Waals surface area contributed by atoms with Crippen molar-refractivity contribution < 1.29 is 19.4 Å². The van der Waals surface area contributed by atoms with Crippen LogP contribution in [-0.4, -0.2) is 23.7 Å². The van der Waals surface area contributed by atoms with Gasteiger partial charge >= 0.3 is 11.9 Å². The minimum atomic E-state index is -1.13. The quantitative estimate of drug-likeness (QED) is 0.682. The van der Waals surface area contributed by atoms with Crippen LogP contribution in [0.15, 0.2) is 18.2 Å². The molecule has 0 radical (unpaired) electrons. The van der Waals surface area contributed by atoms with E-state index in [1.54, 1.807) is 13.0 Å². The molecule has 0 aliphatic carbocycles. The zero-order valence-electron chi connectivity index (χ0n) is 8.70. The maximum absolute atomic E-state index is 11.5. The smallest absolute Gasteiger partial charge is 0.338 e. The van der Waals surface area contributed by atoms with Gasteiger partial charge in [-0.2, -0.15) is 0 Å². The van der Waals surface area contributed by atoms with E-state index < -0.39 is 11.9 Å². The summed E-state index contributed by atoms with van der Waals surface area (Å²) >= 11 is 3.22. The SMILES string of the molecule is CCOC(=O)c1ccc(CBr)cc1C(=O)O. The van der Waals surface area contributed by atoms with Crippen molar-refractivity contribution >= 4 is 27.9 Å². The van der Waals surface area contributed by atoms with Gasteiger partial charge in [-0.1, -0.05) is 22.0 Å². The highest BCUT2D eigenvalue weighted by atomic mass is 79.9. The monoisotopic (exact) mass is 286 g/mol. The van der Waals surface area contributed by atoms with Crippen LogP contribution in [0, 0.1) is 0 Å². The minimum absolute atomic E-state index is 0.0320. The van der Waals surface area contributed by atoms with E-state index in [-0.39, 0.29) is 17.7 Å². The molecule has 0 heterocycles. The normalized spacial score (nSPS) is 9.88. The first-order valence-corrected chi connectivity index (χ1v) is 5.81. The Hall–Kier alpha value is -1.36. The van der Waals surface area contributed by atoms with Crippen LogP contribution in [0.4, 0.5) is 0 Å². The van der Waals surface area contributed by atoms with Gasteiger partial charge in [0.05, 0.1) is 17.7 Å². The number of benzene rings is 1. The number of halogens is 1. The van der Waals surface area contributed by atoms with Gasteiger partial charge in [0.1, 0.15) is 0 Å². The number of carbonyl (C=O) groups is 2. The lowest BCUT2D eigenvalue weighted by molar-refractivity contribution is 0.0514. The Kier molecular flexibility index (Phi) is 4.49. The number of aromatic carboxylic acids is 1. The molecule has 0 fully saturated rings. The average molecular weight is 287 g/mol. The van der Waals surface area contributed by atoms with E-state index in [1.807, 2.05) is 0 Å². The van der Waals surface area contributed by atoms with Crippen LogP contribution in [0.5, 0.6) is 0 Å². The molecule has 5 heteroatoms. The molecule has 0 saturated carbocycles. The first-order chi connectivity index (χ1) is 7.60. The number of esters is 1. The van der Waals surface area contributed by atoms with Crippen molar-refractivity contribution in [1.29, 1.82) is 0 Å². The third-order valence-electron chi connectivity index (χ3n) is 1.96. The van der Waals surface area contributed by atoms with Gasteiger partial charge in [0.2, 0.25) is 0 Å². The molecule has 0 bridgehead atoms. The third kappa shape index (κ3) is 2.82. The average Bonchev–Trinajstić information content (AvgIpc) is 2.28. The Morgan fingerprint density at radius 3 is 2.56 bits per heavy atom. The Labute approximate surface area is 101 Å². The fourth-order valence-electron chi connectivity index (χ4n) is 1.24. The summed E-state index contributed by atoms with van der Waals surface area (Å²) in [5.41, 5.74) is 0.847. The Bertz CT molecular complexity index is 414. The molecular weight excluding hydrogens is 276 g/mol. The summed E-state index contributed by atoms with van der Waals surface area (Å²) in [6.45, 7) is 1.89. The summed E-state index contributed by atoms with van der Waals surface area (Å²) < 4.78 is 4.78. The van der Waals surface area contributed by atoms with Crippen molar-refractivity contribution in [1.82, 2.24) is 0 Å². The fraction of sp³-hybridized carbons (Fsp3) is 0.273. The maximum Gasteiger partial charge on any atom is 0.338 e. The lowest BCUT2D eigenvalue weighted by atomic mass is 10.0. The summed E-state index contributed by atoms with van der Waals surface area (Å²) in [5.74, 6) is -1.74. The highest BCUT2D eigenvalue weighted by Gasteiger charge is 2.17. The van der Waals surface area contributed by atoms with Gasteiger partial charge < -0.3 is 9.84 Å². The molecule has 1 aromatic rings. The third-order valence-corrected chi connectivity index (χ3v) is 2.61. The van der Waals surface area contributed by atoms with Crippen LogP contribution in [0.1, 0.15) is 33.2 Å². The number of hydrogen-bond donors (Lipinski definition) is 1. The van der Waals surface area contributed by atoms with Crippen LogP contribution in [0.25, 0.3) is 0 Å². The second-order valence-electron chi connectivity index (χ2n) is 3.04. The molecule has 0 atom stereocenters. The second kappa shape index (κ2) is 5.65. The van der Waals surface area contributed by atoms with Crippen molar-refractivity contribution in [3.8, 4) is 0 Å². The van der Waals surface area contributed by atoms with Gasteiger partial charge in [-0.3, -0.25) is 0 Å². The lowest BCUT2D eigenvalue weighted by Crippen LogP contribution is -2.12. The van der Waals surface area contributed by atoms with E-state index in [4.69, 9.17) is 9.84 Å². The molecule has 0 saturated heterocycles. The van der Waals surface area contributed by atoms with Crippen molar-refractivity contribution in [2.24, 2.45) is 0 Å². The molecule has 0 amide bonds. The molecule has 16 heavy (non-hydrogen) atoms. The number of carboxylic acids is 1. The van der Waals surface area contributed by atoms with Crippen LogP contribution >= 0.6 is 15.9 Å². The van der Waals surface area contributed by atoms with E-state index >= 15 is 0 Å². The molecule has 86 valence electrons. The molecule has 1 aromatic carbocycles. The maximum atomic E-state index is 11.5. The van der Waals surface area contributed by atoms with Crippen molar-refractivity contribution in [2.45, 2.75) is 12.3 Å². The highest BCUT2D eigenvalue weighted by Crippen LogP contribution is 2.15. The van der Waals surface area contributed by atoms with Gasteiger partial charge in [0, 0.05) is 5.33 Å². The Morgan fingerprint density at radius 2 is 2.06 bits per heavy atom. The summed E-state index contributed by atoms with van der Waals surface area (Å²) in [6, 6.07) is 4.62. The molecular formula is C11H11BrO4. The first-order valence-electron chi connectivity index (χ1n) is 4.69. The van der Waals surface area contributed by atoms with Crippen LogP contribution in [0.2, 0.25) is 0 Å². The molecule has 0 aliphatic rings. The Balaban J connectivity index is 3.17. The molecule has 0 aliphatic heterocycles. The number of hydrogen-bond acceptors (Lipinski definition) is 3. The zero-order chi connectivity index (χ0) is 12.1. The number of rotatable bonds is 4. The molecule has 0 unspecified atom stereocenters. The number of carboxylic acid groups (broad SMARTS) is 1. The number of carbonyl (C=O) groups excluding carboxylic acids is 1. The summed E-state index contributed by atoms with van der Waals surface area (Å²) in [5, 5.41) is 9.52. The predicted octanol–water partition coefficient (Wildman–Crippen LogP) is 2.46. The van der Waals surface area contributed by atoms with E-state index in [0.29, 0.717) is 5.33 Å². The summed E-state index contributed by atoms with van der Waals surface area (Å²) in [4.78, 5) is 22.4. The molecule has 4 nitrogen and oxygen atoms in total. The minimum Gasteiger partial charge on any atom is -0.478 e. The fourth-order valence-corrected chi connectivity index (χ4v) is 1.59. The number of ether oxygens (including phenoxy) is 1. The summed E-state index contributed by atoms with van der Waals surface area (Å²) in [6.07, 6.45) is 0. The van der Waals surface area contributed by atoms with Gasteiger partial charge in [0.15, 0.2) is 0 Å². The molecule has 1 N–H and O–H groups in total. The van der Waals surface area contributed by atoms with E-state index in [0.717, 1.165) is 5.56 Å². The molecule has 0 aromatic heterocycles. The van der Waals surface area contributed by atoms with Crippen molar-refractivity contribution in [2.75, 3.05) is 6.61 Å². The van der Waals surface area contributed by atoms with Gasteiger partial charge in [-0.25, -0.2) is 9.59 Å². The van der Waals surface area contributed by atoms with Crippen molar-refractivity contribution in [3.63, 3.8) is 0 Å². The Morgan fingerprint density at radius 1 is 1.38 bits per heavy atom. The summed E-state index contributed by atoms with van der Waals surface area (Å²) in [7, 11) is 0. The second-order valence-corrected chi connectivity index (χ2v) is 3.60. The van der Waals surface area contributed by atoms with Crippen LogP contribution in [-0.2, 0) is 10.1 Å². The van der Waals surface area contributed by atoms with Gasteiger partial charge in [-0.05, 0) is 24.6 Å². The first kappa shape index (κ1) is 12.7. The number of alkyl halides is 1. The lowest BCUT2D eigenvalue weighted by Gasteiger charge is -2.06. The molecule has 0 spiro atoms. The predicted molar refractivity (Wildman–Crippen MR) is 62.0 cm³/mol. The van der Waals surface area contributed by atoms with Crippen LogP contribution in [0.3, 0.4) is 0 Å². The zero-order valence-corrected chi connectivity index (χ0v) is 10.3. The van der Waals surface area contributed by atoms with E-state index in [1.165, 1.54) is 12.1 Å². The van der Waals surface area contributed by atoms with E-state index in [2.05, 4.69) is 15.9 Å². The highest BCUT2D eigenvalue weighted by molar-refractivity contribution is 9.08. The van der Waals surface area contributed by atoms with Gasteiger partial charge in [-0.15, -0.1) is 0 Å². The largest absolute Gasteiger partial charge is 0.478 e. The van der Waals surface area contributed by atoms with Crippen molar-refractivity contribution in [3.05, 3.63) is 34.9 Å². The standard InChI is InChI=1S/C11H11BrO4/c1-2-16-11(15)8-4-3-7(6-12)5-9(8)10(13)14/h3-5H,2,6H2,1H3,(H,13,14). The molecule has 1 rings (SSSR count). The van der Waals surface area contributed by atoms with E-state index in [9.17, 15) is 9.59 Å². The topological polar surface area (TPSA) is 63.6 Å². The van der Waals surface area contributed by atoms with Gasteiger partial charge in [0.25, 0.3) is 0 Å². The van der Waals surface area contributed by atoms with Crippen LogP contribution < -0.4 is 0 Å².